The van der Waals surface area contributed by atoms with Gasteiger partial charge in [-0.3, -0.25) is 24.0 Å². The van der Waals surface area contributed by atoms with Crippen molar-refractivity contribution in [2.24, 2.45) is 0 Å². The highest BCUT2D eigenvalue weighted by atomic mass is 16.6. The number of hydrogen-bond donors (Lipinski definition) is 1. The minimum absolute atomic E-state index is 0.115. The number of nitrogens with one attached hydrogen (secondary N) is 1. The Labute approximate surface area is 152 Å². The van der Waals surface area contributed by atoms with Crippen LogP contribution in [0.3, 0.4) is 0 Å². The molecule has 0 amide bonds. The molecule has 0 atom stereocenters. The summed E-state index contributed by atoms with van der Waals surface area (Å²) in [7, 11) is 0. The van der Waals surface area contributed by atoms with Gasteiger partial charge in [0.1, 0.15) is 5.65 Å². The molecule has 0 saturated heterocycles. The molecule has 3 aromatic heterocycles. The zero-order chi connectivity index (χ0) is 18.8. The molecule has 0 unspecified atom stereocenters. The monoisotopic (exact) mass is 362 g/mol. The third kappa shape index (κ3) is 3.25. The van der Waals surface area contributed by atoms with Gasteiger partial charge in [-0.05, 0) is 17.7 Å². The fourth-order valence-corrected chi connectivity index (χ4v) is 2.75. The molecule has 0 radical (unpaired) electrons. The highest BCUT2D eigenvalue weighted by Gasteiger charge is 2.23. The Morgan fingerprint density at radius 3 is 2.67 bits per heavy atom. The fourth-order valence-electron chi connectivity index (χ4n) is 2.75. The second-order valence-corrected chi connectivity index (χ2v) is 5.84. The number of nitro groups is 1. The molecule has 9 nitrogen and oxygen atoms in total. The van der Waals surface area contributed by atoms with Crippen LogP contribution in [0.1, 0.15) is 5.56 Å². The minimum atomic E-state index is -0.746. The molecule has 0 bridgehead atoms. The first-order valence-corrected chi connectivity index (χ1v) is 8.11. The highest BCUT2D eigenvalue weighted by molar-refractivity contribution is 5.66. The Bertz CT molecular complexity index is 1180. The highest BCUT2D eigenvalue weighted by Crippen LogP contribution is 2.22. The van der Waals surface area contributed by atoms with E-state index in [9.17, 15) is 14.9 Å². The third-order valence-electron chi connectivity index (χ3n) is 3.98. The first-order chi connectivity index (χ1) is 13.1. The third-order valence-corrected chi connectivity index (χ3v) is 3.98. The van der Waals surface area contributed by atoms with Crippen molar-refractivity contribution in [2.75, 3.05) is 5.32 Å². The summed E-state index contributed by atoms with van der Waals surface area (Å²) in [5.41, 5.74) is 0.521. The van der Waals surface area contributed by atoms with Crippen molar-refractivity contribution in [3.05, 3.63) is 93.2 Å². The smallest absolute Gasteiger partial charge is 0.332 e. The van der Waals surface area contributed by atoms with Crippen molar-refractivity contribution in [3.63, 3.8) is 0 Å². The predicted molar refractivity (Wildman–Crippen MR) is 99.2 cm³/mol. The van der Waals surface area contributed by atoms with E-state index in [0.717, 1.165) is 9.96 Å². The first kappa shape index (κ1) is 16.5. The summed E-state index contributed by atoms with van der Waals surface area (Å²) in [6, 6.07) is 14.7. The fraction of sp³-hybridized carbons (Fsp3) is 0.0556. The van der Waals surface area contributed by atoms with Crippen LogP contribution in [0.15, 0.2) is 71.9 Å². The zero-order valence-electron chi connectivity index (χ0n) is 14.0. The van der Waals surface area contributed by atoms with E-state index in [2.05, 4.69) is 15.4 Å². The summed E-state index contributed by atoms with van der Waals surface area (Å²) in [5, 5.41) is 18.5. The van der Waals surface area contributed by atoms with Crippen molar-refractivity contribution in [1.82, 2.24) is 19.2 Å². The molecule has 4 rings (SSSR count). The molecule has 27 heavy (non-hydrogen) atoms. The number of fused-ring (bicyclic) bond motifs is 1. The molecule has 9 heteroatoms. The van der Waals surface area contributed by atoms with Gasteiger partial charge in [-0.2, -0.15) is 5.10 Å². The summed E-state index contributed by atoms with van der Waals surface area (Å²) in [4.78, 5) is 27.4. The number of anilines is 2. The van der Waals surface area contributed by atoms with E-state index in [-0.39, 0.29) is 5.82 Å². The van der Waals surface area contributed by atoms with Gasteiger partial charge in [0.2, 0.25) is 5.82 Å². The Morgan fingerprint density at radius 2 is 1.89 bits per heavy atom. The number of hydrogen-bond acceptors (Lipinski definition) is 6. The maximum absolute atomic E-state index is 12.4. The van der Waals surface area contributed by atoms with Crippen molar-refractivity contribution < 1.29 is 4.92 Å². The van der Waals surface area contributed by atoms with Gasteiger partial charge in [-0.25, -0.2) is 4.98 Å². The maximum atomic E-state index is 12.4. The Morgan fingerprint density at radius 1 is 1.11 bits per heavy atom. The molecule has 4 aromatic rings. The Kier molecular flexibility index (Phi) is 4.09. The van der Waals surface area contributed by atoms with E-state index in [0.29, 0.717) is 17.9 Å². The average Bonchev–Trinajstić information content (AvgIpc) is 3.09. The van der Waals surface area contributed by atoms with Gasteiger partial charge < -0.3 is 5.32 Å². The molecule has 0 saturated carbocycles. The van der Waals surface area contributed by atoms with Gasteiger partial charge in [-0.15, -0.1) is 0 Å². The molecule has 134 valence electrons. The summed E-state index contributed by atoms with van der Waals surface area (Å²) >= 11 is 0. The summed E-state index contributed by atoms with van der Waals surface area (Å²) < 4.78 is 2.83. The van der Waals surface area contributed by atoms with Crippen LogP contribution < -0.4 is 10.9 Å². The van der Waals surface area contributed by atoms with Crippen molar-refractivity contribution >= 4 is 22.8 Å². The topological polar surface area (TPSA) is 107 Å². The minimum Gasteiger partial charge on any atom is -0.332 e. The molecule has 1 N–H and O–H groups in total. The lowest BCUT2D eigenvalue weighted by Crippen LogP contribution is -2.20. The second kappa shape index (κ2) is 6.71. The van der Waals surface area contributed by atoms with Crippen LogP contribution >= 0.6 is 0 Å². The van der Waals surface area contributed by atoms with Gasteiger partial charge in [0.05, 0.1) is 23.4 Å². The molecule has 0 spiro atoms. The van der Waals surface area contributed by atoms with Crippen LogP contribution in [0.25, 0.3) is 5.65 Å². The number of rotatable bonds is 5. The lowest BCUT2D eigenvalue weighted by atomic mass is 10.2. The molecule has 0 aliphatic carbocycles. The molecular weight excluding hydrogens is 348 g/mol. The number of pyridine rings is 1. The van der Waals surface area contributed by atoms with E-state index in [1.165, 1.54) is 12.4 Å². The van der Waals surface area contributed by atoms with E-state index in [1.807, 2.05) is 30.3 Å². The average molecular weight is 362 g/mol. The van der Waals surface area contributed by atoms with E-state index < -0.39 is 16.2 Å². The molecule has 3 heterocycles. The van der Waals surface area contributed by atoms with Gasteiger partial charge >= 0.3 is 11.2 Å². The summed E-state index contributed by atoms with van der Waals surface area (Å²) in [6.07, 6.45) is 4.67. The van der Waals surface area contributed by atoms with E-state index in [1.54, 1.807) is 29.1 Å². The van der Waals surface area contributed by atoms with Crippen molar-refractivity contribution in [1.29, 1.82) is 0 Å². The largest absolute Gasteiger partial charge is 0.376 e. The molecule has 0 aliphatic rings. The van der Waals surface area contributed by atoms with Crippen LogP contribution in [0.4, 0.5) is 17.2 Å². The molecule has 0 fully saturated rings. The molecule has 0 aliphatic heterocycles. The van der Waals surface area contributed by atoms with Gasteiger partial charge in [-0.1, -0.05) is 36.4 Å². The Hall–Kier alpha value is -4.01. The van der Waals surface area contributed by atoms with Crippen LogP contribution in [0.5, 0.6) is 0 Å². The number of benzene rings is 1. The summed E-state index contributed by atoms with van der Waals surface area (Å²) in [5.74, 6) is -0.115. The Balaban J connectivity index is 1.68. The van der Waals surface area contributed by atoms with Crippen molar-refractivity contribution in [3.8, 4) is 0 Å². The standard InChI is InChI=1S/C18H14N6O3/c25-18-16(24(26)27)17(21-15-8-4-5-9-23(15)18)20-14-10-19-22(12-14)11-13-6-2-1-3-7-13/h1-10,12,20H,11H2. The summed E-state index contributed by atoms with van der Waals surface area (Å²) in [6.45, 7) is 0.554. The van der Waals surface area contributed by atoms with Gasteiger partial charge in [0, 0.05) is 12.4 Å². The quantitative estimate of drug-likeness (QED) is 0.432. The van der Waals surface area contributed by atoms with Gasteiger partial charge in [0.15, 0.2) is 0 Å². The van der Waals surface area contributed by atoms with Crippen LogP contribution in [0.2, 0.25) is 0 Å². The van der Waals surface area contributed by atoms with Gasteiger partial charge in [0.25, 0.3) is 0 Å². The SMILES string of the molecule is O=c1c([N+](=O)[O-])c(Nc2cnn(Cc3ccccc3)c2)nc2ccccn12. The van der Waals surface area contributed by atoms with Crippen LogP contribution in [0, 0.1) is 10.1 Å². The number of aromatic nitrogens is 4. The first-order valence-electron chi connectivity index (χ1n) is 8.11. The predicted octanol–water partition coefficient (Wildman–Crippen LogP) is 2.59. The second-order valence-electron chi connectivity index (χ2n) is 5.84. The normalized spacial score (nSPS) is 10.8. The lowest BCUT2D eigenvalue weighted by molar-refractivity contribution is -0.385. The molecule has 1 aromatic carbocycles. The van der Waals surface area contributed by atoms with Crippen LogP contribution in [-0.2, 0) is 6.54 Å². The van der Waals surface area contributed by atoms with E-state index in [4.69, 9.17) is 0 Å². The number of nitrogens with zero attached hydrogens (tertiary/aromatic N) is 5. The molecular formula is C18H14N6O3. The maximum Gasteiger partial charge on any atom is 0.376 e. The zero-order valence-corrected chi connectivity index (χ0v) is 14.0. The van der Waals surface area contributed by atoms with E-state index >= 15 is 0 Å². The van der Waals surface area contributed by atoms with Crippen LogP contribution in [-0.4, -0.2) is 24.1 Å². The van der Waals surface area contributed by atoms with Crippen molar-refractivity contribution in [2.45, 2.75) is 6.54 Å². The lowest BCUT2D eigenvalue weighted by Gasteiger charge is -2.06.